The second-order valence-corrected chi connectivity index (χ2v) is 5.74. The first kappa shape index (κ1) is 14.9. The number of rotatable bonds is 2. The molecule has 2 rings (SSSR count). The lowest BCUT2D eigenvalue weighted by atomic mass is 9.86. The molecular weight excluding hydrogens is 276 g/mol. The van der Waals surface area contributed by atoms with Crippen molar-refractivity contribution in [3.8, 4) is 0 Å². The minimum absolute atomic E-state index is 0.0985. The van der Waals surface area contributed by atoms with E-state index >= 15 is 0 Å². The van der Waals surface area contributed by atoms with Gasteiger partial charge in [-0.05, 0) is 37.0 Å². The highest BCUT2D eigenvalue weighted by Crippen LogP contribution is 2.23. The largest absolute Gasteiger partial charge is 0.345 e. The number of anilines is 1. The Morgan fingerprint density at radius 2 is 1.95 bits per heavy atom. The van der Waals surface area contributed by atoms with Crippen molar-refractivity contribution in [1.29, 1.82) is 0 Å². The fraction of sp³-hybridized carbons (Fsp3) is 0.467. The highest BCUT2D eigenvalue weighted by Gasteiger charge is 2.25. The number of hydrogen-bond donors (Lipinski definition) is 2. The standard InChI is InChI=1S/C15H19ClN2O2/c1-10-5-2-3-8-13(10)18-15(20)14(19)17-12-7-4-6-11(16)9-12/h4,6-7,9-10,13H,2-3,5,8H2,1H3,(H,17,19)(H,18,20)/t10-,13-/m0/s1. The highest BCUT2D eigenvalue weighted by atomic mass is 35.5. The van der Waals surface area contributed by atoms with E-state index in [4.69, 9.17) is 11.6 Å². The smallest absolute Gasteiger partial charge is 0.313 e. The molecule has 0 aromatic heterocycles. The number of nitrogens with one attached hydrogen (secondary N) is 2. The Hall–Kier alpha value is -1.55. The molecule has 20 heavy (non-hydrogen) atoms. The molecule has 0 saturated heterocycles. The molecular formula is C15H19ClN2O2. The van der Waals surface area contributed by atoms with Crippen molar-refractivity contribution in [3.63, 3.8) is 0 Å². The third kappa shape index (κ3) is 3.97. The lowest BCUT2D eigenvalue weighted by molar-refractivity contribution is -0.137. The molecule has 1 aliphatic rings. The van der Waals surface area contributed by atoms with E-state index in [-0.39, 0.29) is 6.04 Å². The summed E-state index contributed by atoms with van der Waals surface area (Å²) in [6, 6.07) is 6.83. The Bertz CT molecular complexity index is 504. The van der Waals surface area contributed by atoms with Crippen LogP contribution in [-0.4, -0.2) is 17.9 Å². The number of halogens is 1. The van der Waals surface area contributed by atoms with Gasteiger partial charge in [0.25, 0.3) is 0 Å². The molecule has 0 spiro atoms. The molecule has 2 atom stereocenters. The van der Waals surface area contributed by atoms with Gasteiger partial charge in [-0.25, -0.2) is 0 Å². The first-order valence-corrected chi connectivity index (χ1v) is 7.31. The first-order valence-electron chi connectivity index (χ1n) is 6.93. The van der Waals surface area contributed by atoms with E-state index in [9.17, 15) is 9.59 Å². The summed E-state index contributed by atoms with van der Waals surface area (Å²) in [6.45, 7) is 2.11. The molecule has 5 heteroatoms. The SMILES string of the molecule is C[C@H]1CCCC[C@@H]1NC(=O)C(=O)Nc1cccc(Cl)c1. The maximum absolute atomic E-state index is 11.9. The number of amides is 2. The third-order valence-electron chi connectivity index (χ3n) is 3.72. The van der Waals surface area contributed by atoms with Gasteiger partial charge in [-0.15, -0.1) is 0 Å². The fourth-order valence-corrected chi connectivity index (χ4v) is 2.71. The molecule has 0 radical (unpaired) electrons. The van der Waals surface area contributed by atoms with E-state index < -0.39 is 11.8 Å². The van der Waals surface area contributed by atoms with Gasteiger partial charge < -0.3 is 10.6 Å². The average molecular weight is 295 g/mol. The highest BCUT2D eigenvalue weighted by molar-refractivity contribution is 6.40. The lowest BCUT2D eigenvalue weighted by Crippen LogP contribution is -2.45. The quantitative estimate of drug-likeness (QED) is 0.824. The molecule has 0 unspecified atom stereocenters. The molecule has 1 aromatic rings. The maximum atomic E-state index is 11.9. The van der Waals surface area contributed by atoms with Crippen molar-refractivity contribution in [1.82, 2.24) is 5.32 Å². The minimum Gasteiger partial charge on any atom is -0.345 e. The summed E-state index contributed by atoms with van der Waals surface area (Å²) in [5, 5.41) is 5.89. The Kier molecular flexibility index (Phi) is 5.01. The van der Waals surface area contributed by atoms with Crippen LogP contribution in [0.25, 0.3) is 0 Å². The van der Waals surface area contributed by atoms with Crippen LogP contribution in [0, 0.1) is 5.92 Å². The number of carbonyl (C=O) groups excluding carboxylic acids is 2. The van der Waals surface area contributed by atoms with Crippen LogP contribution in [0.4, 0.5) is 5.69 Å². The van der Waals surface area contributed by atoms with E-state index in [2.05, 4.69) is 17.6 Å². The zero-order valence-corrected chi connectivity index (χ0v) is 12.2. The molecule has 108 valence electrons. The van der Waals surface area contributed by atoms with Crippen molar-refractivity contribution < 1.29 is 9.59 Å². The van der Waals surface area contributed by atoms with Crippen LogP contribution < -0.4 is 10.6 Å². The van der Waals surface area contributed by atoms with E-state index in [1.165, 1.54) is 6.42 Å². The summed E-state index contributed by atoms with van der Waals surface area (Å²) in [4.78, 5) is 23.7. The van der Waals surface area contributed by atoms with E-state index in [1.807, 2.05) is 0 Å². The van der Waals surface area contributed by atoms with E-state index in [0.717, 1.165) is 19.3 Å². The summed E-state index contributed by atoms with van der Waals surface area (Å²) in [6.07, 6.45) is 4.34. The van der Waals surface area contributed by atoms with Gasteiger partial charge in [-0.1, -0.05) is 37.4 Å². The van der Waals surface area contributed by atoms with Crippen LogP contribution in [0.15, 0.2) is 24.3 Å². The predicted octanol–water partition coefficient (Wildman–Crippen LogP) is 2.97. The summed E-state index contributed by atoms with van der Waals surface area (Å²) in [5.41, 5.74) is 0.523. The molecule has 4 nitrogen and oxygen atoms in total. The van der Waals surface area contributed by atoms with Gasteiger partial charge in [0.05, 0.1) is 0 Å². The minimum atomic E-state index is -0.648. The second kappa shape index (κ2) is 6.75. The lowest BCUT2D eigenvalue weighted by Gasteiger charge is -2.29. The fourth-order valence-electron chi connectivity index (χ4n) is 2.52. The summed E-state index contributed by atoms with van der Waals surface area (Å²) in [5.74, 6) is -0.805. The van der Waals surface area contributed by atoms with Crippen molar-refractivity contribution in [2.45, 2.75) is 38.6 Å². The Balaban J connectivity index is 1.90. The van der Waals surface area contributed by atoms with Crippen molar-refractivity contribution in [2.24, 2.45) is 5.92 Å². The zero-order valence-electron chi connectivity index (χ0n) is 11.5. The molecule has 2 amide bonds. The molecule has 1 fully saturated rings. The van der Waals surface area contributed by atoms with Crippen LogP contribution in [0.5, 0.6) is 0 Å². The normalized spacial score (nSPS) is 22.1. The molecule has 1 aliphatic carbocycles. The predicted molar refractivity (Wildman–Crippen MR) is 79.6 cm³/mol. The third-order valence-corrected chi connectivity index (χ3v) is 3.95. The monoisotopic (exact) mass is 294 g/mol. The summed E-state index contributed by atoms with van der Waals surface area (Å²) < 4.78 is 0. The van der Waals surface area contributed by atoms with Crippen LogP contribution in [-0.2, 0) is 9.59 Å². The summed E-state index contributed by atoms with van der Waals surface area (Å²) in [7, 11) is 0. The van der Waals surface area contributed by atoms with Crippen molar-refractivity contribution in [2.75, 3.05) is 5.32 Å². The van der Waals surface area contributed by atoms with E-state index in [0.29, 0.717) is 16.6 Å². The van der Waals surface area contributed by atoms with Crippen LogP contribution in [0.3, 0.4) is 0 Å². The number of benzene rings is 1. The number of carbonyl (C=O) groups is 2. The molecule has 0 heterocycles. The van der Waals surface area contributed by atoms with Crippen LogP contribution >= 0.6 is 11.6 Å². The van der Waals surface area contributed by atoms with Gasteiger partial charge in [0.2, 0.25) is 0 Å². The van der Waals surface area contributed by atoms with Crippen molar-refractivity contribution in [3.05, 3.63) is 29.3 Å². The topological polar surface area (TPSA) is 58.2 Å². The maximum Gasteiger partial charge on any atom is 0.313 e. The van der Waals surface area contributed by atoms with Gasteiger partial charge in [0.1, 0.15) is 0 Å². The van der Waals surface area contributed by atoms with E-state index in [1.54, 1.807) is 24.3 Å². The molecule has 1 aromatic carbocycles. The Morgan fingerprint density at radius 3 is 2.65 bits per heavy atom. The average Bonchev–Trinajstić information content (AvgIpc) is 2.41. The Labute approximate surface area is 123 Å². The van der Waals surface area contributed by atoms with Gasteiger partial charge in [0, 0.05) is 16.8 Å². The molecule has 2 N–H and O–H groups in total. The van der Waals surface area contributed by atoms with Gasteiger partial charge in [0.15, 0.2) is 0 Å². The van der Waals surface area contributed by atoms with Gasteiger partial charge >= 0.3 is 11.8 Å². The first-order chi connectivity index (χ1) is 9.56. The zero-order chi connectivity index (χ0) is 14.5. The molecule has 1 saturated carbocycles. The van der Waals surface area contributed by atoms with Crippen LogP contribution in [0.1, 0.15) is 32.6 Å². The number of hydrogen-bond acceptors (Lipinski definition) is 2. The molecule has 0 bridgehead atoms. The second-order valence-electron chi connectivity index (χ2n) is 5.31. The van der Waals surface area contributed by atoms with Gasteiger partial charge in [-0.3, -0.25) is 9.59 Å². The molecule has 0 aliphatic heterocycles. The van der Waals surface area contributed by atoms with Gasteiger partial charge in [-0.2, -0.15) is 0 Å². The Morgan fingerprint density at radius 1 is 1.20 bits per heavy atom. The van der Waals surface area contributed by atoms with Crippen LogP contribution in [0.2, 0.25) is 5.02 Å². The summed E-state index contributed by atoms with van der Waals surface area (Å²) >= 11 is 5.83. The van der Waals surface area contributed by atoms with Crippen molar-refractivity contribution >= 4 is 29.1 Å².